The zero-order chi connectivity index (χ0) is 12.1. The fourth-order valence-corrected chi connectivity index (χ4v) is 0.952. The van der Waals surface area contributed by atoms with Crippen LogP contribution in [0.2, 0.25) is 0 Å². The zero-order valence-electron chi connectivity index (χ0n) is 8.61. The predicted molar refractivity (Wildman–Crippen MR) is 56.0 cm³/mol. The van der Waals surface area contributed by atoms with Crippen LogP contribution in [0.3, 0.4) is 0 Å². The number of benzene rings is 1. The Morgan fingerprint density at radius 1 is 1.06 bits per heavy atom. The lowest BCUT2D eigenvalue weighted by Crippen LogP contribution is -2.47. The van der Waals surface area contributed by atoms with E-state index in [0.29, 0.717) is 5.56 Å². The predicted octanol–water partition coefficient (Wildman–Crippen LogP) is -0.759. The van der Waals surface area contributed by atoms with E-state index in [1.165, 1.54) is 0 Å². The summed E-state index contributed by atoms with van der Waals surface area (Å²) in [4.78, 5) is 32.5. The molecule has 0 heterocycles. The molecular weight excluding hydrogens is 210 g/mol. The van der Waals surface area contributed by atoms with Gasteiger partial charge in [-0.2, -0.15) is 0 Å². The number of hydrazine groups is 1. The summed E-state index contributed by atoms with van der Waals surface area (Å²) in [5, 5.41) is 0. The Kier molecular flexibility index (Phi) is 3.60. The molecular formula is C10H11N3O3. The van der Waals surface area contributed by atoms with Crippen molar-refractivity contribution in [3.8, 4) is 0 Å². The van der Waals surface area contributed by atoms with Gasteiger partial charge in [0.05, 0.1) is 0 Å². The fourth-order valence-electron chi connectivity index (χ4n) is 0.952. The normalized spacial score (nSPS) is 9.31. The molecule has 0 fully saturated rings. The maximum atomic E-state index is 11.4. The Bertz CT molecular complexity index is 425. The standard InChI is InChI=1S/C10H11N3O3/c1-6-2-4-7(5-3-6)9(15)12-13-10(16)8(11)14/h2-5H,1H3,(H2,11,14)(H,12,15)(H,13,16). The number of nitrogens with two attached hydrogens (primary N) is 1. The first-order chi connectivity index (χ1) is 7.50. The van der Waals surface area contributed by atoms with E-state index in [0.717, 1.165) is 5.56 Å². The van der Waals surface area contributed by atoms with Gasteiger partial charge in [0, 0.05) is 5.56 Å². The monoisotopic (exact) mass is 221 g/mol. The first-order valence-corrected chi connectivity index (χ1v) is 4.47. The summed E-state index contributed by atoms with van der Waals surface area (Å²) < 4.78 is 0. The maximum Gasteiger partial charge on any atom is 0.327 e. The van der Waals surface area contributed by atoms with Crippen molar-refractivity contribution in [1.29, 1.82) is 0 Å². The molecule has 0 aliphatic carbocycles. The number of hydrogen-bond donors (Lipinski definition) is 3. The summed E-state index contributed by atoms with van der Waals surface area (Å²) in [6.07, 6.45) is 0. The lowest BCUT2D eigenvalue weighted by Gasteiger charge is -2.05. The zero-order valence-corrected chi connectivity index (χ0v) is 8.61. The highest BCUT2D eigenvalue weighted by atomic mass is 16.2. The highest BCUT2D eigenvalue weighted by Crippen LogP contribution is 2.01. The molecule has 6 heteroatoms. The minimum Gasteiger partial charge on any atom is -0.361 e. The van der Waals surface area contributed by atoms with E-state index >= 15 is 0 Å². The van der Waals surface area contributed by atoms with Crippen molar-refractivity contribution in [3.05, 3.63) is 35.4 Å². The molecule has 0 aromatic heterocycles. The molecule has 0 aliphatic heterocycles. The van der Waals surface area contributed by atoms with E-state index in [1.54, 1.807) is 24.3 Å². The summed E-state index contributed by atoms with van der Waals surface area (Å²) in [6.45, 7) is 1.89. The van der Waals surface area contributed by atoms with Crippen LogP contribution in [0.15, 0.2) is 24.3 Å². The number of aryl methyl sites for hydroxylation is 1. The van der Waals surface area contributed by atoms with Crippen molar-refractivity contribution in [3.63, 3.8) is 0 Å². The lowest BCUT2D eigenvalue weighted by molar-refractivity contribution is -0.137. The molecule has 0 saturated heterocycles. The van der Waals surface area contributed by atoms with Gasteiger partial charge in [-0.15, -0.1) is 0 Å². The van der Waals surface area contributed by atoms with Crippen LogP contribution in [0.4, 0.5) is 0 Å². The van der Waals surface area contributed by atoms with E-state index in [4.69, 9.17) is 0 Å². The SMILES string of the molecule is Cc1ccc(C(=O)NNC(=O)C(N)=O)cc1. The Hall–Kier alpha value is -2.37. The van der Waals surface area contributed by atoms with Gasteiger partial charge in [0.2, 0.25) is 0 Å². The van der Waals surface area contributed by atoms with Crippen LogP contribution >= 0.6 is 0 Å². The van der Waals surface area contributed by atoms with E-state index in [9.17, 15) is 14.4 Å². The Morgan fingerprint density at radius 3 is 2.12 bits per heavy atom. The van der Waals surface area contributed by atoms with Gasteiger partial charge in [0.1, 0.15) is 0 Å². The van der Waals surface area contributed by atoms with E-state index in [1.807, 2.05) is 12.3 Å². The molecule has 1 aromatic rings. The highest BCUT2D eigenvalue weighted by molar-refractivity contribution is 6.34. The van der Waals surface area contributed by atoms with Crippen LogP contribution in [0, 0.1) is 6.92 Å². The van der Waals surface area contributed by atoms with Gasteiger partial charge in [-0.3, -0.25) is 25.2 Å². The number of hydrogen-bond acceptors (Lipinski definition) is 3. The third-order valence-electron chi connectivity index (χ3n) is 1.83. The average molecular weight is 221 g/mol. The minimum atomic E-state index is -1.16. The van der Waals surface area contributed by atoms with Crippen molar-refractivity contribution in [2.24, 2.45) is 5.73 Å². The Balaban J connectivity index is 2.56. The number of primary amides is 1. The van der Waals surface area contributed by atoms with Gasteiger partial charge >= 0.3 is 11.8 Å². The summed E-state index contributed by atoms with van der Waals surface area (Å²) in [7, 11) is 0. The Labute approximate surface area is 91.8 Å². The van der Waals surface area contributed by atoms with Crippen LogP contribution in [0.25, 0.3) is 0 Å². The summed E-state index contributed by atoms with van der Waals surface area (Å²) in [5.74, 6) is -2.75. The van der Waals surface area contributed by atoms with Gasteiger partial charge in [0.15, 0.2) is 0 Å². The molecule has 0 radical (unpaired) electrons. The highest BCUT2D eigenvalue weighted by Gasteiger charge is 2.10. The van der Waals surface area contributed by atoms with Crippen LogP contribution in [-0.2, 0) is 9.59 Å². The molecule has 84 valence electrons. The molecule has 3 amide bonds. The molecule has 0 spiro atoms. The van der Waals surface area contributed by atoms with Crippen LogP contribution in [0.1, 0.15) is 15.9 Å². The van der Waals surface area contributed by atoms with Gasteiger partial charge < -0.3 is 5.73 Å². The summed E-state index contributed by atoms with van der Waals surface area (Å²) >= 11 is 0. The van der Waals surface area contributed by atoms with Crippen LogP contribution in [-0.4, -0.2) is 17.7 Å². The smallest absolute Gasteiger partial charge is 0.327 e. The largest absolute Gasteiger partial charge is 0.361 e. The number of amides is 3. The summed E-state index contributed by atoms with van der Waals surface area (Å²) in [6, 6.07) is 6.71. The molecule has 16 heavy (non-hydrogen) atoms. The molecule has 4 N–H and O–H groups in total. The average Bonchev–Trinajstić information content (AvgIpc) is 2.26. The third-order valence-corrected chi connectivity index (χ3v) is 1.83. The molecule has 0 aliphatic rings. The fraction of sp³-hybridized carbons (Fsp3) is 0.100. The molecule has 1 aromatic carbocycles. The van der Waals surface area contributed by atoms with Gasteiger partial charge in [-0.25, -0.2) is 0 Å². The van der Waals surface area contributed by atoms with Gasteiger partial charge in [-0.05, 0) is 19.1 Å². The first kappa shape index (κ1) is 11.7. The van der Waals surface area contributed by atoms with E-state index < -0.39 is 17.7 Å². The van der Waals surface area contributed by atoms with E-state index in [-0.39, 0.29) is 0 Å². The van der Waals surface area contributed by atoms with Crippen molar-refractivity contribution >= 4 is 17.7 Å². The number of rotatable bonds is 1. The molecule has 0 unspecified atom stereocenters. The van der Waals surface area contributed by atoms with Crippen molar-refractivity contribution in [1.82, 2.24) is 10.9 Å². The third kappa shape index (κ3) is 3.09. The quantitative estimate of drug-likeness (QED) is 0.429. The molecule has 1 rings (SSSR count). The number of nitrogens with one attached hydrogen (secondary N) is 2. The number of carbonyl (C=O) groups is 3. The second kappa shape index (κ2) is 4.92. The van der Waals surface area contributed by atoms with Gasteiger partial charge in [0.25, 0.3) is 5.91 Å². The first-order valence-electron chi connectivity index (χ1n) is 4.47. The lowest BCUT2D eigenvalue weighted by atomic mass is 10.1. The topological polar surface area (TPSA) is 101 Å². The van der Waals surface area contributed by atoms with Crippen molar-refractivity contribution < 1.29 is 14.4 Å². The number of carbonyl (C=O) groups excluding carboxylic acids is 3. The molecule has 0 atom stereocenters. The van der Waals surface area contributed by atoms with Gasteiger partial charge in [-0.1, -0.05) is 17.7 Å². The van der Waals surface area contributed by atoms with Crippen LogP contribution < -0.4 is 16.6 Å². The summed E-state index contributed by atoms with van der Waals surface area (Å²) in [5.41, 5.74) is 10.0. The second-order valence-electron chi connectivity index (χ2n) is 3.14. The Morgan fingerprint density at radius 2 is 1.62 bits per heavy atom. The molecule has 6 nitrogen and oxygen atoms in total. The van der Waals surface area contributed by atoms with Crippen LogP contribution in [0.5, 0.6) is 0 Å². The van der Waals surface area contributed by atoms with Crippen molar-refractivity contribution in [2.75, 3.05) is 0 Å². The van der Waals surface area contributed by atoms with Crippen molar-refractivity contribution in [2.45, 2.75) is 6.92 Å². The molecule has 0 bridgehead atoms. The molecule has 0 saturated carbocycles. The minimum absolute atomic E-state index is 0.371. The maximum absolute atomic E-state index is 11.4. The van der Waals surface area contributed by atoms with E-state index in [2.05, 4.69) is 11.2 Å². The second-order valence-corrected chi connectivity index (χ2v) is 3.14.